The molecule has 1 fully saturated rings. The zero-order chi connectivity index (χ0) is 13.0. The molecule has 0 bridgehead atoms. The Morgan fingerprint density at radius 1 is 1.39 bits per heavy atom. The van der Waals surface area contributed by atoms with Gasteiger partial charge in [-0.05, 0) is 43.7 Å². The molecule has 1 aromatic rings. The maximum absolute atomic E-state index is 12.5. The van der Waals surface area contributed by atoms with Crippen molar-refractivity contribution in [2.45, 2.75) is 39.0 Å². The van der Waals surface area contributed by atoms with Crippen molar-refractivity contribution < 1.29 is 9.53 Å². The second-order valence-corrected chi connectivity index (χ2v) is 5.05. The van der Waals surface area contributed by atoms with Gasteiger partial charge >= 0.3 is 0 Å². The highest BCUT2D eigenvalue weighted by Crippen LogP contribution is 2.33. The van der Waals surface area contributed by atoms with Gasteiger partial charge in [-0.15, -0.1) is 0 Å². The first-order valence-electron chi connectivity index (χ1n) is 6.79. The van der Waals surface area contributed by atoms with Gasteiger partial charge in [-0.2, -0.15) is 0 Å². The van der Waals surface area contributed by atoms with Gasteiger partial charge in [0.1, 0.15) is 0 Å². The summed E-state index contributed by atoms with van der Waals surface area (Å²) < 4.78 is 5.17. The van der Waals surface area contributed by atoms with Gasteiger partial charge in [-0.1, -0.05) is 13.3 Å². The second-order valence-electron chi connectivity index (χ2n) is 5.05. The van der Waals surface area contributed by atoms with Crippen molar-refractivity contribution in [2.24, 2.45) is 11.8 Å². The van der Waals surface area contributed by atoms with Gasteiger partial charge in [-0.25, -0.2) is 4.98 Å². The van der Waals surface area contributed by atoms with Crippen molar-refractivity contribution in [2.75, 3.05) is 7.11 Å². The number of ether oxygens (including phenoxy) is 1. The smallest absolute Gasteiger partial charge is 0.224 e. The number of hydrogen-bond donors (Lipinski definition) is 0. The van der Waals surface area contributed by atoms with Gasteiger partial charge in [0.05, 0.1) is 12.7 Å². The number of ketones is 1. The van der Waals surface area contributed by atoms with Crippen molar-refractivity contribution in [1.29, 1.82) is 0 Å². The standard InChI is InChI=1S/C15H21NO2/c1-3-11-6-8-12(9-7-11)14(17)13-5-4-10-16-15(13)18-2/h4-5,10-12H,3,6-9H2,1-2H3. The predicted molar refractivity (Wildman–Crippen MR) is 70.9 cm³/mol. The Kier molecular flexibility index (Phi) is 4.34. The molecule has 3 nitrogen and oxygen atoms in total. The number of aromatic nitrogens is 1. The summed E-state index contributed by atoms with van der Waals surface area (Å²) in [6, 6.07) is 3.62. The van der Waals surface area contributed by atoms with Crippen molar-refractivity contribution in [3.63, 3.8) is 0 Å². The minimum Gasteiger partial charge on any atom is -0.480 e. The van der Waals surface area contributed by atoms with Crippen LogP contribution in [0.25, 0.3) is 0 Å². The van der Waals surface area contributed by atoms with Crippen molar-refractivity contribution >= 4 is 5.78 Å². The molecule has 1 aromatic heterocycles. The quantitative estimate of drug-likeness (QED) is 0.764. The molecule has 0 saturated heterocycles. The van der Waals surface area contributed by atoms with Gasteiger partial charge in [0.25, 0.3) is 0 Å². The van der Waals surface area contributed by atoms with E-state index in [-0.39, 0.29) is 11.7 Å². The Morgan fingerprint density at radius 2 is 2.11 bits per heavy atom. The van der Waals surface area contributed by atoms with E-state index in [9.17, 15) is 4.79 Å². The number of carbonyl (C=O) groups is 1. The molecule has 0 radical (unpaired) electrons. The van der Waals surface area contributed by atoms with E-state index in [1.807, 2.05) is 6.07 Å². The molecule has 0 amide bonds. The normalized spacial score (nSPS) is 23.7. The summed E-state index contributed by atoms with van der Waals surface area (Å²) in [4.78, 5) is 16.6. The van der Waals surface area contributed by atoms with E-state index in [1.54, 1.807) is 19.4 Å². The molecule has 1 aliphatic carbocycles. The largest absolute Gasteiger partial charge is 0.480 e. The number of pyridine rings is 1. The Balaban J connectivity index is 2.08. The number of Topliss-reactive ketones (excluding diaryl/α,β-unsaturated/α-hetero) is 1. The highest BCUT2D eigenvalue weighted by atomic mass is 16.5. The van der Waals surface area contributed by atoms with Crippen LogP contribution in [-0.4, -0.2) is 17.9 Å². The molecule has 98 valence electrons. The van der Waals surface area contributed by atoms with Crippen LogP contribution in [0.4, 0.5) is 0 Å². The minimum atomic E-state index is 0.158. The molecule has 18 heavy (non-hydrogen) atoms. The molecule has 0 aliphatic heterocycles. The molecule has 0 atom stereocenters. The van der Waals surface area contributed by atoms with Crippen LogP contribution in [0.5, 0.6) is 5.88 Å². The lowest BCUT2D eigenvalue weighted by Crippen LogP contribution is -2.22. The highest BCUT2D eigenvalue weighted by Gasteiger charge is 2.28. The zero-order valence-electron chi connectivity index (χ0n) is 11.2. The highest BCUT2D eigenvalue weighted by molar-refractivity contribution is 5.99. The number of methoxy groups -OCH3 is 1. The second kappa shape index (κ2) is 5.98. The van der Waals surface area contributed by atoms with E-state index in [1.165, 1.54) is 19.3 Å². The summed E-state index contributed by atoms with van der Waals surface area (Å²) in [5.41, 5.74) is 0.639. The van der Waals surface area contributed by atoms with Crippen molar-refractivity contribution in [1.82, 2.24) is 4.98 Å². The van der Waals surface area contributed by atoms with Crippen LogP contribution in [0.3, 0.4) is 0 Å². The van der Waals surface area contributed by atoms with E-state index in [0.717, 1.165) is 18.8 Å². The summed E-state index contributed by atoms with van der Waals surface area (Å²) in [5.74, 6) is 1.63. The first-order valence-corrected chi connectivity index (χ1v) is 6.79. The average molecular weight is 247 g/mol. The van der Waals surface area contributed by atoms with Crippen LogP contribution < -0.4 is 4.74 Å². The summed E-state index contributed by atoms with van der Waals surface area (Å²) in [6.07, 6.45) is 7.26. The first kappa shape index (κ1) is 13.1. The van der Waals surface area contributed by atoms with E-state index in [2.05, 4.69) is 11.9 Å². The van der Waals surface area contributed by atoms with Crippen molar-refractivity contribution in [3.05, 3.63) is 23.9 Å². The van der Waals surface area contributed by atoms with Gasteiger partial charge in [-0.3, -0.25) is 4.79 Å². The molecule has 3 heteroatoms. The third kappa shape index (κ3) is 2.71. The molecule has 1 heterocycles. The molecule has 1 saturated carbocycles. The fraction of sp³-hybridized carbons (Fsp3) is 0.600. The van der Waals surface area contributed by atoms with E-state index >= 15 is 0 Å². The minimum absolute atomic E-state index is 0.158. The molecule has 0 spiro atoms. The number of carbonyl (C=O) groups excluding carboxylic acids is 1. The first-order chi connectivity index (χ1) is 8.76. The van der Waals surface area contributed by atoms with Gasteiger partial charge < -0.3 is 4.74 Å². The lowest BCUT2D eigenvalue weighted by atomic mass is 9.78. The maximum Gasteiger partial charge on any atom is 0.224 e. The van der Waals surface area contributed by atoms with E-state index in [4.69, 9.17) is 4.74 Å². The monoisotopic (exact) mass is 247 g/mol. The van der Waals surface area contributed by atoms with Gasteiger partial charge in [0.15, 0.2) is 5.78 Å². The maximum atomic E-state index is 12.5. The summed E-state index contributed by atoms with van der Waals surface area (Å²) in [6.45, 7) is 2.23. The molecular formula is C15H21NO2. The molecule has 0 N–H and O–H groups in total. The fourth-order valence-corrected chi connectivity index (χ4v) is 2.79. The van der Waals surface area contributed by atoms with Gasteiger partial charge in [0.2, 0.25) is 5.88 Å². The lowest BCUT2D eigenvalue weighted by molar-refractivity contribution is 0.0867. The number of hydrogen-bond acceptors (Lipinski definition) is 3. The van der Waals surface area contributed by atoms with E-state index < -0.39 is 0 Å². The molecule has 0 aromatic carbocycles. The topological polar surface area (TPSA) is 39.2 Å². The van der Waals surface area contributed by atoms with Crippen LogP contribution in [0.15, 0.2) is 18.3 Å². The number of rotatable bonds is 4. The van der Waals surface area contributed by atoms with E-state index in [0.29, 0.717) is 11.4 Å². The predicted octanol–water partition coefficient (Wildman–Crippen LogP) is 3.49. The SMILES string of the molecule is CCC1CCC(C(=O)c2cccnc2OC)CC1. The van der Waals surface area contributed by atoms with Crippen LogP contribution in [-0.2, 0) is 0 Å². The zero-order valence-corrected chi connectivity index (χ0v) is 11.2. The lowest BCUT2D eigenvalue weighted by Gasteiger charge is -2.26. The van der Waals surface area contributed by atoms with Crippen LogP contribution in [0.1, 0.15) is 49.4 Å². The Hall–Kier alpha value is -1.38. The third-order valence-corrected chi connectivity index (χ3v) is 4.02. The van der Waals surface area contributed by atoms with Gasteiger partial charge in [0, 0.05) is 12.1 Å². The average Bonchev–Trinajstić information content (AvgIpc) is 2.46. The van der Waals surface area contributed by atoms with Crippen molar-refractivity contribution in [3.8, 4) is 5.88 Å². The number of nitrogens with zero attached hydrogens (tertiary/aromatic N) is 1. The van der Waals surface area contributed by atoms with Crippen LogP contribution in [0.2, 0.25) is 0 Å². The third-order valence-electron chi connectivity index (χ3n) is 4.02. The fourth-order valence-electron chi connectivity index (χ4n) is 2.79. The van der Waals surface area contributed by atoms with Crippen LogP contribution >= 0.6 is 0 Å². The van der Waals surface area contributed by atoms with Crippen LogP contribution in [0, 0.1) is 11.8 Å². The summed E-state index contributed by atoms with van der Waals surface area (Å²) in [7, 11) is 1.56. The Bertz CT molecular complexity index is 409. The molecule has 0 unspecified atom stereocenters. The summed E-state index contributed by atoms with van der Waals surface area (Å²) >= 11 is 0. The Morgan fingerprint density at radius 3 is 2.72 bits per heavy atom. The molecule has 2 rings (SSSR count). The molecular weight excluding hydrogens is 226 g/mol. The summed E-state index contributed by atoms with van der Waals surface area (Å²) in [5, 5.41) is 0. The molecule has 1 aliphatic rings. The Labute approximate surface area is 109 Å².